The molecule has 2 aromatic carbocycles. The molecular formula is C13H9BrCl3N3O. The van der Waals surface area contributed by atoms with Crippen molar-refractivity contribution in [1.29, 1.82) is 0 Å². The maximum atomic E-state index is 11.5. The van der Waals surface area contributed by atoms with Crippen molar-refractivity contribution in [3.63, 3.8) is 0 Å². The lowest BCUT2D eigenvalue weighted by Crippen LogP contribution is -2.14. The zero-order chi connectivity index (χ0) is 15.7. The van der Waals surface area contributed by atoms with Gasteiger partial charge in [-0.25, -0.2) is 0 Å². The van der Waals surface area contributed by atoms with Gasteiger partial charge >= 0.3 is 0 Å². The van der Waals surface area contributed by atoms with Gasteiger partial charge in [0.05, 0.1) is 32.0 Å². The summed E-state index contributed by atoms with van der Waals surface area (Å²) < 4.78 is 0.651. The first-order valence-corrected chi connectivity index (χ1v) is 7.53. The highest BCUT2D eigenvalue weighted by atomic mass is 79.9. The van der Waals surface area contributed by atoms with E-state index < -0.39 is 5.91 Å². The predicted molar refractivity (Wildman–Crippen MR) is 91.8 cm³/mol. The van der Waals surface area contributed by atoms with Gasteiger partial charge in [0.2, 0.25) is 0 Å². The molecule has 0 saturated carbocycles. The number of amides is 1. The number of hydrogen-bond donors (Lipinski definition) is 3. The van der Waals surface area contributed by atoms with Gasteiger partial charge in [-0.05, 0) is 40.2 Å². The van der Waals surface area contributed by atoms with Crippen LogP contribution in [0.5, 0.6) is 0 Å². The Morgan fingerprint density at radius 3 is 2.43 bits per heavy atom. The maximum absolute atomic E-state index is 11.5. The third-order valence-corrected chi connectivity index (χ3v) is 4.74. The molecule has 1 amide bonds. The van der Waals surface area contributed by atoms with Crippen molar-refractivity contribution in [2.75, 3.05) is 11.1 Å². The van der Waals surface area contributed by atoms with Gasteiger partial charge in [0.1, 0.15) is 0 Å². The molecule has 2 rings (SSSR count). The molecule has 8 heteroatoms. The summed E-state index contributed by atoms with van der Waals surface area (Å²) in [7, 11) is 0. The smallest absolute Gasteiger partial charge is 0.250 e. The summed E-state index contributed by atoms with van der Waals surface area (Å²) in [5.41, 5.74) is 12.3. The van der Waals surface area contributed by atoms with Crippen LogP contribution in [0.15, 0.2) is 28.7 Å². The van der Waals surface area contributed by atoms with E-state index in [1.165, 1.54) is 12.1 Å². The van der Waals surface area contributed by atoms with Crippen LogP contribution in [0.25, 0.3) is 0 Å². The summed E-state index contributed by atoms with van der Waals surface area (Å²) in [5.74, 6) is -0.661. The zero-order valence-electron chi connectivity index (χ0n) is 10.4. The summed E-state index contributed by atoms with van der Waals surface area (Å²) in [4.78, 5) is 11.5. The number of hydrogen-bond acceptors (Lipinski definition) is 3. The highest BCUT2D eigenvalue weighted by Crippen LogP contribution is 2.39. The summed E-state index contributed by atoms with van der Waals surface area (Å²) in [6, 6.07) is 6.34. The highest BCUT2D eigenvalue weighted by Gasteiger charge is 2.16. The molecule has 21 heavy (non-hydrogen) atoms. The minimum absolute atomic E-state index is 0.162. The fourth-order valence-electron chi connectivity index (χ4n) is 1.71. The molecular weight excluding hydrogens is 400 g/mol. The van der Waals surface area contributed by atoms with Crippen LogP contribution >= 0.6 is 50.7 Å². The van der Waals surface area contributed by atoms with Crippen LogP contribution in [-0.2, 0) is 0 Å². The number of carbonyl (C=O) groups is 1. The van der Waals surface area contributed by atoms with E-state index in [-0.39, 0.29) is 15.6 Å². The van der Waals surface area contributed by atoms with E-state index in [1.54, 1.807) is 12.1 Å². The van der Waals surface area contributed by atoms with Gasteiger partial charge in [0.15, 0.2) is 0 Å². The molecule has 0 aliphatic carbocycles. The Morgan fingerprint density at radius 1 is 1.14 bits per heavy atom. The van der Waals surface area contributed by atoms with Gasteiger partial charge in [-0.1, -0.05) is 34.8 Å². The lowest BCUT2D eigenvalue weighted by molar-refractivity contribution is 0.100. The topological polar surface area (TPSA) is 81.1 Å². The van der Waals surface area contributed by atoms with Crippen LogP contribution < -0.4 is 16.8 Å². The molecule has 0 heterocycles. The second-order valence-corrected chi connectivity index (χ2v) is 6.15. The Bertz CT molecular complexity index is 737. The number of carbonyl (C=O) groups excluding carboxylic acids is 1. The summed E-state index contributed by atoms with van der Waals surface area (Å²) >= 11 is 21.6. The number of nitrogens with one attached hydrogen (secondary N) is 1. The monoisotopic (exact) mass is 407 g/mol. The van der Waals surface area contributed by atoms with Crippen LogP contribution in [0.4, 0.5) is 17.1 Å². The van der Waals surface area contributed by atoms with Crippen molar-refractivity contribution < 1.29 is 4.79 Å². The van der Waals surface area contributed by atoms with Crippen molar-refractivity contribution in [1.82, 2.24) is 0 Å². The summed E-state index contributed by atoms with van der Waals surface area (Å²) in [5, 5.41) is 3.84. The SMILES string of the molecule is NC(=O)c1cc(N)cc(Cl)c1Nc1ccc(Br)c(Cl)c1Cl. The van der Waals surface area contributed by atoms with Gasteiger partial charge in [-0.15, -0.1) is 0 Å². The van der Waals surface area contributed by atoms with Crippen molar-refractivity contribution in [2.45, 2.75) is 0 Å². The van der Waals surface area contributed by atoms with Crippen molar-refractivity contribution in [2.24, 2.45) is 5.73 Å². The molecule has 0 bridgehead atoms. The van der Waals surface area contributed by atoms with Crippen LogP contribution in [0.1, 0.15) is 10.4 Å². The van der Waals surface area contributed by atoms with E-state index in [0.29, 0.717) is 26.6 Å². The number of rotatable bonds is 3. The maximum Gasteiger partial charge on any atom is 0.250 e. The average Bonchev–Trinajstić information content (AvgIpc) is 2.41. The lowest BCUT2D eigenvalue weighted by Gasteiger charge is -2.15. The molecule has 0 saturated heterocycles. The van der Waals surface area contributed by atoms with Crippen molar-refractivity contribution in [3.05, 3.63) is 49.4 Å². The van der Waals surface area contributed by atoms with E-state index in [1.807, 2.05) is 0 Å². The normalized spacial score (nSPS) is 10.5. The highest BCUT2D eigenvalue weighted by molar-refractivity contribution is 9.10. The fourth-order valence-corrected chi connectivity index (χ4v) is 2.80. The number of nitrogen functional groups attached to an aromatic ring is 1. The number of nitrogens with two attached hydrogens (primary N) is 2. The summed E-state index contributed by atoms with van der Waals surface area (Å²) in [6.45, 7) is 0. The standard InChI is InChI=1S/C13H9BrCl3N3O/c14-7-1-2-9(11(17)10(7)16)20-12-6(13(19)21)3-5(18)4-8(12)15/h1-4,20H,18H2,(H2,19,21). The molecule has 0 aliphatic rings. The first-order valence-electron chi connectivity index (χ1n) is 5.60. The van der Waals surface area contributed by atoms with Gasteiger partial charge in [0.25, 0.3) is 5.91 Å². The largest absolute Gasteiger partial charge is 0.399 e. The average molecular weight is 409 g/mol. The van der Waals surface area contributed by atoms with Crippen molar-refractivity contribution in [3.8, 4) is 0 Å². The molecule has 0 aromatic heterocycles. The quantitative estimate of drug-likeness (QED) is 0.501. The first kappa shape index (κ1) is 16.2. The molecule has 0 spiro atoms. The lowest BCUT2D eigenvalue weighted by atomic mass is 10.1. The third-order valence-electron chi connectivity index (χ3n) is 2.67. The van der Waals surface area contributed by atoms with Gasteiger partial charge in [0, 0.05) is 10.2 Å². The van der Waals surface area contributed by atoms with E-state index in [0.717, 1.165) is 0 Å². The van der Waals surface area contributed by atoms with E-state index >= 15 is 0 Å². The Kier molecular flexibility index (Phi) is 4.88. The molecule has 0 fully saturated rings. The Labute approximate surface area is 144 Å². The Hall–Kier alpha value is -1.14. The van der Waals surface area contributed by atoms with E-state index in [9.17, 15) is 4.79 Å². The number of benzene rings is 2. The molecule has 0 radical (unpaired) electrons. The molecule has 5 N–H and O–H groups in total. The van der Waals surface area contributed by atoms with Gasteiger partial charge < -0.3 is 16.8 Å². The first-order chi connectivity index (χ1) is 9.81. The fraction of sp³-hybridized carbons (Fsp3) is 0. The minimum Gasteiger partial charge on any atom is -0.399 e. The molecule has 2 aromatic rings. The molecule has 0 unspecified atom stereocenters. The third kappa shape index (κ3) is 3.37. The predicted octanol–water partition coefficient (Wildman–Crippen LogP) is 4.83. The van der Waals surface area contributed by atoms with Gasteiger partial charge in [-0.2, -0.15) is 0 Å². The number of anilines is 3. The molecule has 4 nitrogen and oxygen atoms in total. The second-order valence-electron chi connectivity index (χ2n) is 4.14. The minimum atomic E-state index is -0.661. The van der Waals surface area contributed by atoms with Crippen LogP contribution in [0, 0.1) is 0 Å². The van der Waals surface area contributed by atoms with E-state index in [4.69, 9.17) is 46.3 Å². The van der Waals surface area contributed by atoms with Crippen LogP contribution in [0.3, 0.4) is 0 Å². The zero-order valence-corrected chi connectivity index (χ0v) is 14.2. The second kappa shape index (κ2) is 6.32. The van der Waals surface area contributed by atoms with Crippen molar-refractivity contribution >= 4 is 73.7 Å². The molecule has 110 valence electrons. The van der Waals surface area contributed by atoms with Crippen LogP contribution in [0.2, 0.25) is 15.1 Å². The summed E-state index contributed by atoms with van der Waals surface area (Å²) in [6.07, 6.45) is 0. The Balaban J connectivity index is 2.54. The molecule has 0 aliphatic heterocycles. The number of halogens is 4. The Morgan fingerprint density at radius 2 is 1.81 bits per heavy atom. The number of primary amides is 1. The van der Waals surface area contributed by atoms with Gasteiger partial charge in [-0.3, -0.25) is 4.79 Å². The molecule has 0 atom stereocenters. The van der Waals surface area contributed by atoms with E-state index in [2.05, 4.69) is 21.2 Å². The van der Waals surface area contributed by atoms with Crippen LogP contribution in [-0.4, -0.2) is 5.91 Å².